The van der Waals surface area contributed by atoms with Gasteiger partial charge in [-0.2, -0.15) is 0 Å². The summed E-state index contributed by atoms with van der Waals surface area (Å²) < 4.78 is 13.6. The molecule has 4 nitrogen and oxygen atoms in total. The fourth-order valence-electron chi connectivity index (χ4n) is 4.44. The summed E-state index contributed by atoms with van der Waals surface area (Å²) in [6.07, 6.45) is 3.81. The Labute approximate surface area is 183 Å². The van der Waals surface area contributed by atoms with E-state index in [1.807, 2.05) is 55.5 Å². The molecule has 0 unspecified atom stereocenters. The van der Waals surface area contributed by atoms with Crippen molar-refractivity contribution in [3.05, 3.63) is 101 Å². The van der Waals surface area contributed by atoms with Gasteiger partial charge in [0.15, 0.2) is 0 Å². The maximum absolute atomic E-state index is 13.6. The molecular weight excluding hydrogens is 389 g/mol. The number of benzene rings is 2. The number of pyridine rings is 1. The number of carbonyl (C=O) groups excluding carboxylic acids is 1. The molecule has 0 aliphatic carbocycles. The molecule has 1 amide bonds. The van der Waals surface area contributed by atoms with E-state index < -0.39 is 0 Å². The van der Waals surface area contributed by atoms with E-state index in [1.54, 1.807) is 18.3 Å². The molecule has 2 atom stereocenters. The lowest BCUT2D eigenvalue weighted by Gasteiger charge is -2.37. The predicted molar refractivity (Wildman–Crippen MR) is 120 cm³/mol. The summed E-state index contributed by atoms with van der Waals surface area (Å²) >= 11 is 0. The van der Waals surface area contributed by atoms with Crippen molar-refractivity contribution in [2.24, 2.45) is 5.92 Å². The van der Waals surface area contributed by atoms with Gasteiger partial charge in [-0.05, 0) is 73.7 Å². The highest BCUT2D eigenvalue weighted by molar-refractivity contribution is 5.95. The normalized spacial score (nSPS) is 17.8. The van der Waals surface area contributed by atoms with Gasteiger partial charge in [-0.25, -0.2) is 4.39 Å². The third-order valence-corrected chi connectivity index (χ3v) is 5.99. The number of piperidine rings is 1. The van der Waals surface area contributed by atoms with Crippen molar-refractivity contribution in [2.75, 3.05) is 13.1 Å². The highest BCUT2D eigenvalue weighted by Gasteiger charge is 2.31. The van der Waals surface area contributed by atoms with Crippen LogP contribution in [0.25, 0.3) is 0 Å². The van der Waals surface area contributed by atoms with Gasteiger partial charge in [-0.3, -0.25) is 14.7 Å². The van der Waals surface area contributed by atoms with E-state index in [4.69, 9.17) is 0 Å². The SMILES string of the molecule is Cc1ccccc1C(=O)N[C@@H](c1ccccn1)[C@H]1CCCN(Cc2cccc(F)c2)C1. The Morgan fingerprint density at radius 3 is 2.77 bits per heavy atom. The van der Waals surface area contributed by atoms with Crippen molar-refractivity contribution in [3.8, 4) is 0 Å². The summed E-state index contributed by atoms with van der Waals surface area (Å²) in [4.78, 5) is 20.0. The Hall–Kier alpha value is -3.05. The number of hydrogen-bond acceptors (Lipinski definition) is 3. The van der Waals surface area contributed by atoms with E-state index in [2.05, 4.69) is 15.2 Å². The van der Waals surface area contributed by atoms with Gasteiger partial charge in [0.2, 0.25) is 0 Å². The van der Waals surface area contributed by atoms with Gasteiger partial charge in [0.05, 0.1) is 11.7 Å². The van der Waals surface area contributed by atoms with Crippen LogP contribution >= 0.6 is 0 Å². The first-order valence-corrected chi connectivity index (χ1v) is 10.8. The fourth-order valence-corrected chi connectivity index (χ4v) is 4.44. The molecular formula is C26H28FN3O. The van der Waals surface area contributed by atoms with Crippen LogP contribution in [0.1, 0.15) is 46.1 Å². The summed E-state index contributed by atoms with van der Waals surface area (Å²) in [6, 6.07) is 20.1. The highest BCUT2D eigenvalue weighted by atomic mass is 19.1. The first-order valence-electron chi connectivity index (χ1n) is 10.8. The maximum atomic E-state index is 13.6. The quantitative estimate of drug-likeness (QED) is 0.620. The molecule has 1 aliphatic heterocycles. The highest BCUT2D eigenvalue weighted by Crippen LogP contribution is 2.30. The molecule has 2 aromatic carbocycles. The Morgan fingerprint density at radius 1 is 1.16 bits per heavy atom. The molecule has 1 saturated heterocycles. The maximum Gasteiger partial charge on any atom is 0.252 e. The van der Waals surface area contributed by atoms with Crippen molar-refractivity contribution < 1.29 is 9.18 Å². The molecule has 2 heterocycles. The molecule has 0 bridgehead atoms. The predicted octanol–water partition coefficient (Wildman–Crippen LogP) is 4.91. The molecule has 0 saturated carbocycles. The fraction of sp³-hybridized carbons (Fsp3) is 0.308. The van der Waals surface area contributed by atoms with Crippen LogP contribution in [-0.2, 0) is 6.54 Å². The number of aromatic nitrogens is 1. The van der Waals surface area contributed by atoms with Crippen molar-refractivity contribution in [1.82, 2.24) is 15.2 Å². The molecule has 160 valence electrons. The summed E-state index contributed by atoms with van der Waals surface area (Å²) in [5.74, 6) is -0.0518. The molecule has 0 radical (unpaired) electrons. The second-order valence-electron chi connectivity index (χ2n) is 8.29. The number of likely N-dealkylation sites (tertiary alicyclic amines) is 1. The number of amides is 1. The number of nitrogens with one attached hydrogen (secondary N) is 1. The van der Waals surface area contributed by atoms with Gasteiger partial charge >= 0.3 is 0 Å². The standard InChI is InChI=1S/C26H28FN3O/c1-19-8-2-3-12-23(19)26(31)29-25(24-13-4-5-14-28-24)21-10-7-15-30(18-21)17-20-9-6-11-22(27)16-20/h2-6,8-9,11-14,16,21,25H,7,10,15,17-18H2,1H3,(H,29,31)/t21-,25+/m0/s1. The number of carbonyl (C=O) groups is 1. The van der Waals surface area contributed by atoms with Crippen molar-refractivity contribution in [1.29, 1.82) is 0 Å². The molecule has 5 heteroatoms. The summed E-state index contributed by atoms with van der Waals surface area (Å²) in [7, 11) is 0. The molecule has 3 aromatic rings. The van der Waals surface area contributed by atoms with Crippen molar-refractivity contribution in [2.45, 2.75) is 32.4 Å². The van der Waals surface area contributed by atoms with Gasteiger partial charge in [0.25, 0.3) is 5.91 Å². The summed E-state index contributed by atoms with van der Waals surface area (Å²) in [5, 5.41) is 3.27. The van der Waals surface area contributed by atoms with Crippen LogP contribution in [0.4, 0.5) is 4.39 Å². The smallest absolute Gasteiger partial charge is 0.252 e. The number of halogens is 1. The van der Waals surface area contributed by atoms with Crippen LogP contribution in [-0.4, -0.2) is 28.9 Å². The zero-order valence-corrected chi connectivity index (χ0v) is 17.8. The number of nitrogens with zero attached hydrogens (tertiary/aromatic N) is 2. The van der Waals surface area contributed by atoms with Gasteiger partial charge in [0.1, 0.15) is 5.82 Å². The largest absolute Gasteiger partial charge is 0.343 e. The molecule has 31 heavy (non-hydrogen) atoms. The van der Waals surface area contributed by atoms with Crippen LogP contribution in [0.2, 0.25) is 0 Å². The molecule has 1 fully saturated rings. The number of rotatable bonds is 6. The van der Waals surface area contributed by atoms with Gasteiger partial charge in [-0.15, -0.1) is 0 Å². The third-order valence-electron chi connectivity index (χ3n) is 5.99. The van der Waals surface area contributed by atoms with E-state index in [0.29, 0.717) is 12.1 Å². The summed E-state index contributed by atoms with van der Waals surface area (Å²) in [6.45, 7) is 4.44. The lowest BCUT2D eigenvalue weighted by atomic mass is 9.88. The van der Waals surface area contributed by atoms with E-state index in [1.165, 1.54) is 6.07 Å². The van der Waals surface area contributed by atoms with Gasteiger partial charge in [0, 0.05) is 24.8 Å². The second kappa shape index (κ2) is 9.84. The van der Waals surface area contributed by atoms with Gasteiger partial charge < -0.3 is 5.32 Å². The molecule has 1 aliphatic rings. The third kappa shape index (κ3) is 5.36. The Balaban J connectivity index is 1.53. The zero-order valence-electron chi connectivity index (χ0n) is 17.8. The molecule has 1 N–H and O–H groups in total. The lowest BCUT2D eigenvalue weighted by molar-refractivity contribution is 0.0874. The first-order chi connectivity index (χ1) is 15.1. The molecule has 1 aromatic heterocycles. The van der Waals surface area contributed by atoms with Crippen LogP contribution < -0.4 is 5.32 Å². The number of hydrogen-bond donors (Lipinski definition) is 1. The van der Waals surface area contributed by atoms with E-state index >= 15 is 0 Å². The van der Waals surface area contributed by atoms with Crippen LogP contribution in [0.5, 0.6) is 0 Å². The zero-order chi connectivity index (χ0) is 21.6. The van der Waals surface area contributed by atoms with Crippen molar-refractivity contribution in [3.63, 3.8) is 0 Å². The van der Waals surface area contributed by atoms with Gasteiger partial charge in [-0.1, -0.05) is 36.4 Å². The van der Waals surface area contributed by atoms with E-state index in [-0.39, 0.29) is 23.7 Å². The van der Waals surface area contributed by atoms with Crippen molar-refractivity contribution >= 4 is 5.91 Å². The minimum absolute atomic E-state index is 0.0731. The topological polar surface area (TPSA) is 45.2 Å². The minimum Gasteiger partial charge on any atom is -0.343 e. The van der Waals surface area contributed by atoms with Crippen LogP contribution in [0.15, 0.2) is 72.9 Å². The lowest BCUT2D eigenvalue weighted by Crippen LogP contribution is -2.43. The first kappa shape index (κ1) is 21.2. The van der Waals surface area contributed by atoms with E-state index in [9.17, 15) is 9.18 Å². The minimum atomic E-state index is -0.206. The van der Waals surface area contributed by atoms with Crippen LogP contribution in [0, 0.1) is 18.7 Å². The second-order valence-corrected chi connectivity index (χ2v) is 8.29. The monoisotopic (exact) mass is 417 g/mol. The average molecular weight is 418 g/mol. The van der Waals surface area contributed by atoms with Crippen LogP contribution in [0.3, 0.4) is 0 Å². The average Bonchev–Trinajstić information content (AvgIpc) is 2.78. The van der Waals surface area contributed by atoms with E-state index in [0.717, 1.165) is 42.8 Å². The number of aryl methyl sites for hydroxylation is 1. The summed E-state index contributed by atoms with van der Waals surface area (Å²) in [5.41, 5.74) is 3.49. The Kier molecular flexibility index (Phi) is 6.73. The Bertz CT molecular complexity index is 1020. The molecule has 0 spiro atoms. The molecule has 4 rings (SSSR count). The Morgan fingerprint density at radius 2 is 2.00 bits per heavy atom.